The molecule has 1 amide bonds. The molecule has 1 aromatic heterocycles. The van der Waals surface area contributed by atoms with E-state index in [-0.39, 0.29) is 5.91 Å². The Morgan fingerprint density at radius 3 is 3.17 bits per heavy atom. The highest BCUT2D eigenvalue weighted by Crippen LogP contribution is 2.17. The Kier molecular flexibility index (Phi) is 3.77. The standard InChI is InChI=1S/C14H17N3O/c1-3-8-15-13(18)7-9-17-14-11(2)5-4-6-12(14)10-16-17/h3-6,10H,1,7-9H2,2H3,(H,15,18). The molecule has 1 N–H and O–H groups in total. The molecule has 0 fully saturated rings. The van der Waals surface area contributed by atoms with Crippen LogP contribution in [0.25, 0.3) is 10.9 Å². The number of hydrogen-bond acceptors (Lipinski definition) is 2. The largest absolute Gasteiger partial charge is 0.353 e. The summed E-state index contributed by atoms with van der Waals surface area (Å²) in [4.78, 5) is 11.5. The third kappa shape index (κ3) is 2.59. The molecule has 0 bridgehead atoms. The third-order valence-corrected chi connectivity index (χ3v) is 2.86. The number of fused-ring (bicyclic) bond motifs is 1. The minimum Gasteiger partial charge on any atom is -0.353 e. The van der Waals surface area contributed by atoms with Gasteiger partial charge in [-0.1, -0.05) is 24.3 Å². The van der Waals surface area contributed by atoms with Gasteiger partial charge in [0.05, 0.1) is 18.3 Å². The topological polar surface area (TPSA) is 46.9 Å². The van der Waals surface area contributed by atoms with Crippen molar-refractivity contribution in [2.24, 2.45) is 0 Å². The molecule has 2 rings (SSSR count). The Balaban J connectivity index is 2.08. The third-order valence-electron chi connectivity index (χ3n) is 2.86. The summed E-state index contributed by atoms with van der Waals surface area (Å²) in [6, 6.07) is 6.10. The molecule has 0 aliphatic heterocycles. The van der Waals surface area contributed by atoms with E-state index in [1.807, 2.05) is 23.0 Å². The monoisotopic (exact) mass is 243 g/mol. The normalized spacial score (nSPS) is 10.5. The van der Waals surface area contributed by atoms with Gasteiger partial charge < -0.3 is 5.32 Å². The number of aromatic nitrogens is 2. The highest BCUT2D eigenvalue weighted by Gasteiger charge is 2.06. The summed E-state index contributed by atoms with van der Waals surface area (Å²) in [5.74, 6) is 0.0205. The van der Waals surface area contributed by atoms with E-state index in [1.165, 1.54) is 5.56 Å². The van der Waals surface area contributed by atoms with E-state index in [0.29, 0.717) is 19.5 Å². The second-order valence-corrected chi connectivity index (χ2v) is 4.22. The summed E-state index contributed by atoms with van der Waals surface area (Å²) in [6.07, 6.45) is 3.94. The molecule has 4 heteroatoms. The highest BCUT2D eigenvalue weighted by atomic mass is 16.1. The summed E-state index contributed by atoms with van der Waals surface area (Å²) in [7, 11) is 0. The number of carbonyl (C=O) groups excluding carboxylic acids is 1. The van der Waals surface area contributed by atoms with Gasteiger partial charge in [0, 0.05) is 18.4 Å². The second-order valence-electron chi connectivity index (χ2n) is 4.22. The van der Waals surface area contributed by atoms with Gasteiger partial charge in [0.15, 0.2) is 0 Å². The van der Waals surface area contributed by atoms with Crippen molar-refractivity contribution >= 4 is 16.8 Å². The van der Waals surface area contributed by atoms with E-state index in [4.69, 9.17) is 0 Å². The van der Waals surface area contributed by atoms with Gasteiger partial charge in [0.25, 0.3) is 0 Å². The van der Waals surface area contributed by atoms with Crippen LogP contribution in [-0.4, -0.2) is 22.2 Å². The summed E-state index contributed by atoms with van der Waals surface area (Å²) in [5.41, 5.74) is 2.28. The van der Waals surface area contributed by atoms with Crippen molar-refractivity contribution in [3.8, 4) is 0 Å². The fourth-order valence-corrected chi connectivity index (χ4v) is 1.98. The van der Waals surface area contributed by atoms with Gasteiger partial charge in [-0.2, -0.15) is 5.10 Å². The maximum Gasteiger partial charge on any atom is 0.222 e. The maximum absolute atomic E-state index is 11.5. The van der Waals surface area contributed by atoms with E-state index in [2.05, 4.69) is 30.0 Å². The predicted molar refractivity (Wildman–Crippen MR) is 72.3 cm³/mol. The minimum atomic E-state index is 0.0205. The lowest BCUT2D eigenvalue weighted by Crippen LogP contribution is -2.24. The highest BCUT2D eigenvalue weighted by molar-refractivity contribution is 5.82. The first kappa shape index (κ1) is 12.4. The molecule has 1 heterocycles. The predicted octanol–water partition coefficient (Wildman–Crippen LogP) is 2.04. The zero-order chi connectivity index (χ0) is 13.0. The van der Waals surface area contributed by atoms with E-state index in [9.17, 15) is 4.79 Å². The molecule has 0 radical (unpaired) electrons. The molecule has 1 aromatic carbocycles. The van der Waals surface area contributed by atoms with Crippen molar-refractivity contribution in [3.63, 3.8) is 0 Å². The van der Waals surface area contributed by atoms with Crippen LogP contribution in [0.1, 0.15) is 12.0 Å². The first-order valence-corrected chi connectivity index (χ1v) is 6.01. The van der Waals surface area contributed by atoms with Crippen molar-refractivity contribution in [2.45, 2.75) is 19.9 Å². The van der Waals surface area contributed by atoms with Gasteiger partial charge in [0.2, 0.25) is 5.91 Å². The smallest absolute Gasteiger partial charge is 0.222 e. The van der Waals surface area contributed by atoms with E-state index < -0.39 is 0 Å². The number of hydrogen-bond donors (Lipinski definition) is 1. The van der Waals surface area contributed by atoms with Crippen molar-refractivity contribution in [2.75, 3.05) is 6.54 Å². The first-order valence-electron chi connectivity index (χ1n) is 6.01. The molecule has 0 aliphatic carbocycles. The van der Waals surface area contributed by atoms with E-state index in [0.717, 1.165) is 10.9 Å². The van der Waals surface area contributed by atoms with Gasteiger partial charge in [-0.15, -0.1) is 6.58 Å². The zero-order valence-electron chi connectivity index (χ0n) is 10.5. The van der Waals surface area contributed by atoms with Crippen LogP contribution in [-0.2, 0) is 11.3 Å². The fourth-order valence-electron chi connectivity index (χ4n) is 1.98. The minimum absolute atomic E-state index is 0.0205. The quantitative estimate of drug-likeness (QED) is 0.817. The summed E-state index contributed by atoms with van der Waals surface area (Å²) < 4.78 is 1.89. The number of aryl methyl sites for hydroxylation is 2. The molecule has 0 aliphatic rings. The maximum atomic E-state index is 11.5. The van der Waals surface area contributed by atoms with Gasteiger partial charge >= 0.3 is 0 Å². The first-order chi connectivity index (χ1) is 8.72. The zero-order valence-corrected chi connectivity index (χ0v) is 10.5. The Labute approximate surface area is 106 Å². The molecule has 0 spiro atoms. The Morgan fingerprint density at radius 1 is 1.56 bits per heavy atom. The number of carbonyl (C=O) groups is 1. The van der Waals surface area contributed by atoms with Gasteiger partial charge in [-0.3, -0.25) is 9.48 Å². The molecule has 18 heavy (non-hydrogen) atoms. The van der Waals surface area contributed by atoms with Crippen LogP contribution in [0, 0.1) is 6.92 Å². The average molecular weight is 243 g/mol. The van der Waals surface area contributed by atoms with Crippen LogP contribution in [0.4, 0.5) is 0 Å². The molecule has 94 valence electrons. The summed E-state index contributed by atoms with van der Waals surface area (Å²) in [6.45, 7) is 6.72. The van der Waals surface area contributed by atoms with Crippen molar-refractivity contribution in [1.29, 1.82) is 0 Å². The van der Waals surface area contributed by atoms with Gasteiger partial charge in [-0.05, 0) is 12.5 Å². The number of nitrogens with one attached hydrogen (secondary N) is 1. The number of amides is 1. The number of nitrogens with zero attached hydrogens (tertiary/aromatic N) is 2. The average Bonchev–Trinajstić information content (AvgIpc) is 2.78. The lowest BCUT2D eigenvalue weighted by molar-refractivity contribution is -0.121. The Hall–Kier alpha value is -2.10. The van der Waals surface area contributed by atoms with Crippen molar-refractivity contribution in [3.05, 3.63) is 42.6 Å². The molecular formula is C14H17N3O. The van der Waals surface area contributed by atoms with Crippen LogP contribution in [0.2, 0.25) is 0 Å². The van der Waals surface area contributed by atoms with Crippen LogP contribution in [0.15, 0.2) is 37.1 Å². The SMILES string of the molecule is C=CCNC(=O)CCn1ncc2cccc(C)c21. The van der Waals surface area contributed by atoms with Crippen LogP contribution in [0.5, 0.6) is 0 Å². The molecule has 4 nitrogen and oxygen atoms in total. The van der Waals surface area contributed by atoms with Crippen LogP contribution in [0.3, 0.4) is 0 Å². The fraction of sp³-hybridized carbons (Fsp3) is 0.286. The lowest BCUT2D eigenvalue weighted by atomic mass is 10.2. The molecular weight excluding hydrogens is 226 g/mol. The van der Waals surface area contributed by atoms with Crippen molar-refractivity contribution < 1.29 is 4.79 Å². The van der Waals surface area contributed by atoms with Crippen LogP contribution < -0.4 is 5.32 Å². The molecule has 0 unspecified atom stereocenters. The van der Waals surface area contributed by atoms with Gasteiger partial charge in [-0.25, -0.2) is 0 Å². The molecule has 0 atom stereocenters. The Bertz CT molecular complexity index is 571. The molecule has 0 saturated carbocycles. The number of para-hydroxylation sites is 1. The van der Waals surface area contributed by atoms with Crippen LogP contribution >= 0.6 is 0 Å². The number of rotatable bonds is 5. The van der Waals surface area contributed by atoms with E-state index >= 15 is 0 Å². The molecule has 2 aromatic rings. The van der Waals surface area contributed by atoms with E-state index in [1.54, 1.807) is 6.08 Å². The summed E-state index contributed by atoms with van der Waals surface area (Å²) in [5, 5.41) is 8.20. The summed E-state index contributed by atoms with van der Waals surface area (Å²) >= 11 is 0. The van der Waals surface area contributed by atoms with Crippen molar-refractivity contribution in [1.82, 2.24) is 15.1 Å². The second kappa shape index (κ2) is 5.49. The van der Waals surface area contributed by atoms with Gasteiger partial charge in [0.1, 0.15) is 0 Å². The lowest BCUT2D eigenvalue weighted by Gasteiger charge is -2.06. The Morgan fingerprint density at radius 2 is 2.39 bits per heavy atom. The molecule has 0 saturated heterocycles. The number of benzene rings is 1.